The average molecular weight is 218 g/mol. The monoisotopic (exact) mass is 218 g/mol. The summed E-state index contributed by atoms with van der Waals surface area (Å²) in [6, 6.07) is 10.5. The lowest BCUT2D eigenvalue weighted by Gasteiger charge is -2.22. The minimum absolute atomic E-state index is 0.751. The number of rotatable bonds is 7. The first kappa shape index (κ1) is 12.9. The molecule has 0 radical (unpaired) electrons. The molecule has 0 aromatic heterocycles. The Morgan fingerprint density at radius 1 is 1.31 bits per heavy atom. The highest BCUT2D eigenvalue weighted by Gasteiger charge is 2.05. The minimum Gasteiger partial charge on any atom is -0.330 e. The number of hydrogen-bond donors (Lipinski definition) is 1. The maximum absolute atomic E-state index is 5.55. The van der Waals surface area contributed by atoms with Crippen molar-refractivity contribution < 1.29 is 0 Å². The Morgan fingerprint density at radius 2 is 2.00 bits per heavy atom. The van der Waals surface area contributed by atoms with Crippen LogP contribution in [0.3, 0.4) is 0 Å². The molecule has 0 saturated heterocycles. The summed E-state index contributed by atoms with van der Waals surface area (Å²) in [5.41, 5.74) is 8.10. The normalized spacial score (nSPS) is 10.7. The van der Waals surface area contributed by atoms with E-state index in [1.165, 1.54) is 11.1 Å². The van der Waals surface area contributed by atoms with E-state index in [1.807, 2.05) is 6.07 Å². The van der Waals surface area contributed by atoms with E-state index in [4.69, 9.17) is 5.73 Å². The standard InChI is InChI=1S/C14H22N2/c1-13(2)11-16(10-6-9-15)12-14-7-4-3-5-8-14/h3-5,7-8H,1,6,9-12,15H2,2H3. The average Bonchev–Trinajstić information content (AvgIpc) is 2.26. The predicted octanol–water partition coefficient (Wildman–Crippen LogP) is 2.41. The van der Waals surface area contributed by atoms with Crippen LogP contribution in [-0.2, 0) is 6.54 Å². The summed E-state index contributed by atoms with van der Waals surface area (Å²) in [5, 5.41) is 0. The molecule has 2 nitrogen and oxygen atoms in total. The molecule has 0 aliphatic carbocycles. The number of nitrogens with two attached hydrogens (primary N) is 1. The number of nitrogens with zero attached hydrogens (tertiary/aromatic N) is 1. The molecule has 1 aromatic carbocycles. The van der Waals surface area contributed by atoms with E-state index in [0.717, 1.165) is 32.6 Å². The Balaban J connectivity index is 2.52. The zero-order valence-electron chi connectivity index (χ0n) is 10.2. The molecule has 1 aromatic rings. The van der Waals surface area contributed by atoms with Crippen LogP contribution in [0.2, 0.25) is 0 Å². The van der Waals surface area contributed by atoms with Gasteiger partial charge in [-0.3, -0.25) is 4.90 Å². The van der Waals surface area contributed by atoms with E-state index in [0.29, 0.717) is 0 Å². The lowest BCUT2D eigenvalue weighted by Crippen LogP contribution is -2.27. The number of hydrogen-bond acceptors (Lipinski definition) is 2. The topological polar surface area (TPSA) is 29.3 Å². The van der Waals surface area contributed by atoms with Gasteiger partial charge in [0, 0.05) is 19.6 Å². The molecule has 2 heteroatoms. The zero-order valence-corrected chi connectivity index (χ0v) is 10.2. The predicted molar refractivity (Wildman–Crippen MR) is 70.2 cm³/mol. The third-order valence-corrected chi connectivity index (χ3v) is 2.42. The molecule has 0 aliphatic heterocycles. The highest BCUT2D eigenvalue weighted by molar-refractivity contribution is 5.14. The highest BCUT2D eigenvalue weighted by atomic mass is 15.1. The van der Waals surface area contributed by atoms with Gasteiger partial charge >= 0.3 is 0 Å². The summed E-state index contributed by atoms with van der Waals surface area (Å²) in [5.74, 6) is 0. The van der Waals surface area contributed by atoms with Crippen LogP contribution in [0.5, 0.6) is 0 Å². The van der Waals surface area contributed by atoms with Gasteiger partial charge in [-0.05, 0) is 25.5 Å². The van der Waals surface area contributed by atoms with Crippen LogP contribution < -0.4 is 5.73 Å². The quantitative estimate of drug-likeness (QED) is 0.712. The van der Waals surface area contributed by atoms with Crippen molar-refractivity contribution in [1.82, 2.24) is 4.90 Å². The van der Waals surface area contributed by atoms with Crippen molar-refractivity contribution in [3.63, 3.8) is 0 Å². The van der Waals surface area contributed by atoms with Gasteiger partial charge in [0.25, 0.3) is 0 Å². The van der Waals surface area contributed by atoms with Crippen LogP contribution >= 0.6 is 0 Å². The zero-order chi connectivity index (χ0) is 11.8. The molecule has 0 saturated carbocycles. The molecular formula is C14H22N2. The van der Waals surface area contributed by atoms with Crippen molar-refractivity contribution in [1.29, 1.82) is 0 Å². The van der Waals surface area contributed by atoms with E-state index in [-0.39, 0.29) is 0 Å². The largest absolute Gasteiger partial charge is 0.330 e. The lowest BCUT2D eigenvalue weighted by molar-refractivity contribution is 0.286. The molecule has 0 atom stereocenters. The first-order chi connectivity index (χ1) is 7.72. The molecule has 0 unspecified atom stereocenters. The molecule has 0 heterocycles. The lowest BCUT2D eigenvalue weighted by atomic mass is 10.2. The first-order valence-electron chi connectivity index (χ1n) is 5.83. The summed E-state index contributed by atoms with van der Waals surface area (Å²) < 4.78 is 0. The van der Waals surface area contributed by atoms with Crippen LogP contribution in [0, 0.1) is 0 Å². The van der Waals surface area contributed by atoms with Gasteiger partial charge in [-0.1, -0.05) is 42.5 Å². The summed E-state index contributed by atoms with van der Waals surface area (Å²) >= 11 is 0. The van der Waals surface area contributed by atoms with E-state index in [1.54, 1.807) is 0 Å². The van der Waals surface area contributed by atoms with Gasteiger partial charge in [0.15, 0.2) is 0 Å². The molecule has 0 bridgehead atoms. The van der Waals surface area contributed by atoms with Crippen LogP contribution in [0.1, 0.15) is 18.9 Å². The van der Waals surface area contributed by atoms with E-state index in [9.17, 15) is 0 Å². The van der Waals surface area contributed by atoms with Crippen LogP contribution in [0.15, 0.2) is 42.5 Å². The molecule has 0 spiro atoms. The van der Waals surface area contributed by atoms with Gasteiger partial charge in [-0.15, -0.1) is 0 Å². The van der Waals surface area contributed by atoms with E-state index >= 15 is 0 Å². The smallest absolute Gasteiger partial charge is 0.0237 e. The van der Waals surface area contributed by atoms with Crippen molar-refractivity contribution in [2.75, 3.05) is 19.6 Å². The van der Waals surface area contributed by atoms with E-state index < -0.39 is 0 Å². The number of benzene rings is 1. The molecule has 16 heavy (non-hydrogen) atoms. The minimum atomic E-state index is 0.751. The van der Waals surface area contributed by atoms with Crippen molar-refractivity contribution in [2.45, 2.75) is 19.9 Å². The first-order valence-corrected chi connectivity index (χ1v) is 5.83. The van der Waals surface area contributed by atoms with Crippen LogP contribution in [0.25, 0.3) is 0 Å². The second-order valence-corrected chi connectivity index (χ2v) is 4.30. The fraction of sp³-hybridized carbons (Fsp3) is 0.429. The molecular weight excluding hydrogens is 196 g/mol. The Labute approximate surface area is 98.8 Å². The molecule has 88 valence electrons. The second kappa shape index (κ2) is 7.20. The Hall–Kier alpha value is -1.12. The molecule has 2 N–H and O–H groups in total. The van der Waals surface area contributed by atoms with Crippen molar-refractivity contribution in [3.8, 4) is 0 Å². The summed E-state index contributed by atoms with van der Waals surface area (Å²) in [4.78, 5) is 2.39. The van der Waals surface area contributed by atoms with E-state index in [2.05, 4.69) is 42.7 Å². The molecule has 0 aliphatic rings. The van der Waals surface area contributed by atoms with Gasteiger partial charge in [-0.2, -0.15) is 0 Å². The second-order valence-electron chi connectivity index (χ2n) is 4.30. The molecule has 0 fully saturated rings. The van der Waals surface area contributed by atoms with Gasteiger partial charge in [-0.25, -0.2) is 0 Å². The molecule has 1 rings (SSSR count). The Bertz CT molecular complexity index is 306. The van der Waals surface area contributed by atoms with Crippen LogP contribution in [0.4, 0.5) is 0 Å². The van der Waals surface area contributed by atoms with Gasteiger partial charge in [0.1, 0.15) is 0 Å². The summed E-state index contributed by atoms with van der Waals surface area (Å²) in [7, 11) is 0. The van der Waals surface area contributed by atoms with Gasteiger partial charge < -0.3 is 5.73 Å². The third-order valence-electron chi connectivity index (χ3n) is 2.42. The Morgan fingerprint density at radius 3 is 2.56 bits per heavy atom. The highest BCUT2D eigenvalue weighted by Crippen LogP contribution is 2.06. The van der Waals surface area contributed by atoms with Crippen molar-refractivity contribution >= 4 is 0 Å². The van der Waals surface area contributed by atoms with Gasteiger partial charge in [0.2, 0.25) is 0 Å². The Kier molecular flexibility index (Phi) is 5.83. The van der Waals surface area contributed by atoms with Crippen molar-refractivity contribution in [2.24, 2.45) is 5.73 Å². The molecule has 0 amide bonds. The van der Waals surface area contributed by atoms with Gasteiger partial charge in [0.05, 0.1) is 0 Å². The van der Waals surface area contributed by atoms with Crippen LogP contribution in [-0.4, -0.2) is 24.5 Å². The van der Waals surface area contributed by atoms with Crippen molar-refractivity contribution in [3.05, 3.63) is 48.0 Å². The maximum Gasteiger partial charge on any atom is 0.0237 e. The fourth-order valence-electron chi connectivity index (χ4n) is 1.75. The SMILES string of the molecule is C=C(C)CN(CCCN)Cc1ccccc1. The summed E-state index contributed by atoms with van der Waals surface area (Å²) in [6.07, 6.45) is 1.04. The third kappa shape index (κ3) is 5.10. The fourth-order valence-corrected chi connectivity index (χ4v) is 1.75. The maximum atomic E-state index is 5.55. The summed E-state index contributed by atoms with van der Waals surface area (Å²) in [6.45, 7) is 9.77.